The van der Waals surface area contributed by atoms with Gasteiger partial charge in [-0.3, -0.25) is 15.1 Å². The SMILES string of the molecule is C/C=C(\C=C1/CN=C(C#N)S1)[N+](=O)[O-]. The highest BCUT2D eigenvalue weighted by Gasteiger charge is 2.15. The molecule has 0 spiro atoms. The highest BCUT2D eigenvalue weighted by Crippen LogP contribution is 2.25. The van der Waals surface area contributed by atoms with Crippen LogP contribution in [0.4, 0.5) is 0 Å². The molecule has 0 saturated carbocycles. The van der Waals surface area contributed by atoms with E-state index in [-0.39, 0.29) is 5.70 Å². The zero-order valence-electron chi connectivity index (χ0n) is 7.43. The van der Waals surface area contributed by atoms with Crippen molar-refractivity contribution in [3.63, 3.8) is 0 Å². The van der Waals surface area contributed by atoms with Gasteiger partial charge in [0.05, 0.1) is 11.5 Å². The second-order valence-electron chi connectivity index (χ2n) is 2.42. The molecular weight excluding hydrogens is 202 g/mol. The fourth-order valence-electron chi connectivity index (χ4n) is 0.878. The Kier molecular flexibility index (Phi) is 3.42. The van der Waals surface area contributed by atoms with Gasteiger partial charge in [-0.15, -0.1) is 0 Å². The second-order valence-corrected chi connectivity index (χ2v) is 3.53. The molecule has 1 aliphatic heterocycles. The summed E-state index contributed by atoms with van der Waals surface area (Å²) in [5.74, 6) is 0. The lowest BCUT2D eigenvalue weighted by atomic mass is 10.3. The van der Waals surface area contributed by atoms with Crippen LogP contribution < -0.4 is 0 Å². The highest BCUT2D eigenvalue weighted by molar-refractivity contribution is 8.18. The van der Waals surface area contributed by atoms with Crippen molar-refractivity contribution in [3.05, 3.63) is 32.9 Å². The van der Waals surface area contributed by atoms with Crippen molar-refractivity contribution in [2.24, 2.45) is 4.99 Å². The maximum atomic E-state index is 10.5. The highest BCUT2D eigenvalue weighted by atomic mass is 32.2. The number of nitro groups is 1. The maximum Gasteiger partial charge on any atom is 0.266 e. The van der Waals surface area contributed by atoms with E-state index in [1.807, 2.05) is 6.07 Å². The molecule has 5 nitrogen and oxygen atoms in total. The zero-order chi connectivity index (χ0) is 10.6. The lowest BCUT2D eigenvalue weighted by molar-refractivity contribution is -0.419. The number of aliphatic imine (C=N–C) groups is 1. The van der Waals surface area contributed by atoms with Crippen molar-refractivity contribution in [2.45, 2.75) is 6.92 Å². The predicted octanol–water partition coefficient (Wildman–Crippen LogP) is 1.72. The fraction of sp³-hybridized carbons (Fsp3) is 0.250. The van der Waals surface area contributed by atoms with Gasteiger partial charge in [0.25, 0.3) is 5.70 Å². The molecule has 0 aromatic heterocycles. The van der Waals surface area contributed by atoms with E-state index >= 15 is 0 Å². The van der Waals surface area contributed by atoms with Crippen LogP contribution in [0.1, 0.15) is 6.92 Å². The van der Waals surface area contributed by atoms with Crippen molar-refractivity contribution in [3.8, 4) is 6.07 Å². The molecule has 0 aromatic carbocycles. The summed E-state index contributed by atoms with van der Waals surface area (Å²) in [5, 5.41) is 19.3. The van der Waals surface area contributed by atoms with Crippen molar-refractivity contribution < 1.29 is 4.92 Å². The number of nitrogens with zero attached hydrogens (tertiary/aromatic N) is 3. The van der Waals surface area contributed by atoms with Crippen LogP contribution in [0.15, 0.2) is 27.7 Å². The first-order chi connectivity index (χ1) is 6.67. The van der Waals surface area contributed by atoms with Gasteiger partial charge in [-0.2, -0.15) is 5.26 Å². The molecule has 0 unspecified atom stereocenters. The smallest absolute Gasteiger partial charge is 0.263 e. The van der Waals surface area contributed by atoms with E-state index in [2.05, 4.69) is 4.99 Å². The molecule has 14 heavy (non-hydrogen) atoms. The molecule has 72 valence electrons. The van der Waals surface area contributed by atoms with Crippen LogP contribution in [0.2, 0.25) is 0 Å². The van der Waals surface area contributed by atoms with Crippen LogP contribution in [0.25, 0.3) is 0 Å². The summed E-state index contributed by atoms with van der Waals surface area (Å²) in [5.41, 5.74) is 0.0295. The first kappa shape index (κ1) is 10.5. The van der Waals surface area contributed by atoms with Gasteiger partial charge < -0.3 is 0 Å². The van der Waals surface area contributed by atoms with E-state index in [1.165, 1.54) is 23.9 Å². The van der Waals surface area contributed by atoms with Crippen molar-refractivity contribution in [2.75, 3.05) is 6.54 Å². The Hall–Kier alpha value is -1.61. The Morgan fingerprint density at radius 1 is 1.86 bits per heavy atom. The molecule has 0 atom stereocenters. The maximum absolute atomic E-state index is 10.5. The average molecular weight is 209 g/mol. The van der Waals surface area contributed by atoms with Crippen molar-refractivity contribution >= 4 is 16.8 Å². The third kappa shape index (κ3) is 2.44. The summed E-state index contributed by atoms with van der Waals surface area (Å²) in [6.45, 7) is 1.96. The molecule has 0 radical (unpaired) electrons. The number of thioether (sulfide) groups is 1. The van der Waals surface area contributed by atoms with Crippen molar-refractivity contribution in [1.29, 1.82) is 5.26 Å². The van der Waals surface area contributed by atoms with Gasteiger partial charge >= 0.3 is 0 Å². The van der Waals surface area contributed by atoms with Crippen LogP contribution in [0.5, 0.6) is 0 Å². The summed E-state index contributed by atoms with van der Waals surface area (Å²) in [6.07, 6.45) is 2.86. The number of nitriles is 1. The third-order valence-electron chi connectivity index (χ3n) is 1.52. The largest absolute Gasteiger partial charge is 0.266 e. The molecule has 0 bridgehead atoms. The van der Waals surface area contributed by atoms with Crippen LogP contribution in [-0.2, 0) is 0 Å². The van der Waals surface area contributed by atoms with Crippen LogP contribution in [0.3, 0.4) is 0 Å². The molecule has 1 heterocycles. The first-order valence-corrected chi connectivity index (χ1v) is 4.62. The number of allylic oxidation sites excluding steroid dienone is 2. The monoisotopic (exact) mass is 209 g/mol. The summed E-state index contributed by atoms with van der Waals surface area (Å²) in [6, 6.07) is 1.90. The Balaban J connectivity index is 2.75. The molecular formula is C8H7N3O2S. The van der Waals surface area contributed by atoms with Crippen LogP contribution in [0, 0.1) is 21.4 Å². The van der Waals surface area contributed by atoms with Gasteiger partial charge in [0.15, 0.2) is 5.04 Å². The quantitative estimate of drug-likeness (QED) is 0.512. The fourth-order valence-corrected chi connectivity index (χ4v) is 1.61. The lowest BCUT2D eigenvalue weighted by Gasteiger charge is -1.92. The van der Waals surface area contributed by atoms with E-state index in [4.69, 9.17) is 5.26 Å². The van der Waals surface area contributed by atoms with Gasteiger partial charge in [-0.25, -0.2) is 0 Å². The molecule has 0 aromatic rings. The topological polar surface area (TPSA) is 79.3 Å². The van der Waals surface area contributed by atoms with E-state index in [0.717, 1.165) is 4.91 Å². The summed E-state index contributed by atoms with van der Waals surface area (Å²) < 4.78 is 0. The Bertz CT molecular complexity index is 390. The molecule has 0 N–H and O–H groups in total. The lowest BCUT2D eigenvalue weighted by Crippen LogP contribution is -1.95. The molecule has 6 heteroatoms. The number of rotatable bonds is 2. The van der Waals surface area contributed by atoms with E-state index in [0.29, 0.717) is 11.6 Å². The Morgan fingerprint density at radius 3 is 3.00 bits per heavy atom. The predicted molar refractivity (Wildman–Crippen MR) is 54.3 cm³/mol. The standard InChI is InChI=1S/C8H7N3O2S/c1-2-6(11(12)13)3-7-5-10-8(4-9)14-7/h2-3H,5H2,1H3/b6-2+,7-3+. The number of hydrogen-bond donors (Lipinski definition) is 0. The van der Waals surface area contributed by atoms with Crippen LogP contribution in [-0.4, -0.2) is 16.5 Å². The van der Waals surface area contributed by atoms with Gasteiger partial charge in [-0.05, 0) is 13.0 Å². The van der Waals surface area contributed by atoms with Gasteiger partial charge in [0.2, 0.25) is 0 Å². The van der Waals surface area contributed by atoms with E-state index < -0.39 is 4.92 Å². The molecule has 0 aliphatic carbocycles. The summed E-state index contributed by atoms with van der Waals surface area (Å²) in [7, 11) is 0. The van der Waals surface area contributed by atoms with Gasteiger partial charge in [0, 0.05) is 11.0 Å². The minimum Gasteiger partial charge on any atom is -0.263 e. The van der Waals surface area contributed by atoms with Crippen LogP contribution >= 0.6 is 11.8 Å². The van der Waals surface area contributed by atoms with E-state index in [9.17, 15) is 10.1 Å². The first-order valence-electron chi connectivity index (χ1n) is 3.81. The third-order valence-corrected chi connectivity index (χ3v) is 2.44. The molecule has 1 rings (SSSR count). The Labute approximate surface area is 85.0 Å². The number of hydrogen-bond acceptors (Lipinski definition) is 5. The average Bonchev–Trinajstić information content (AvgIpc) is 2.61. The molecule has 0 saturated heterocycles. The van der Waals surface area contributed by atoms with E-state index in [1.54, 1.807) is 6.92 Å². The second kappa shape index (κ2) is 4.58. The molecule has 1 aliphatic rings. The van der Waals surface area contributed by atoms with Gasteiger partial charge in [-0.1, -0.05) is 11.8 Å². The minimum atomic E-state index is -0.460. The van der Waals surface area contributed by atoms with Crippen molar-refractivity contribution in [1.82, 2.24) is 0 Å². The Morgan fingerprint density at radius 2 is 2.57 bits per heavy atom. The minimum absolute atomic E-state index is 0.0295. The zero-order valence-corrected chi connectivity index (χ0v) is 8.24. The molecule has 0 fully saturated rings. The van der Waals surface area contributed by atoms with Gasteiger partial charge in [0.1, 0.15) is 6.07 Å². The summed E-state index contributed by atoms with van der Waals surface area (Å²) in [4.78, 5) is 14.6. The normalized spacial score (nSPS) is 19.3. The molecule has 0 amide bonds. The summed E-state index contributed by atoms with van der Waals surface area (Å²) >= 11 is 1.18.